The van der Waals surface area contributed by atoms with Crippen molar-refractivity contribution in [2.45, 2.75) is 50.3 Å². The number of benzene rings is 1. The zero-order chi connectivity index (χ0) is 28.9. The van der Waals surface area contributed by atoms with Crippen LogP contribution < -0.4 is 11.1 Å². The van der Waals surface area contributed by atoms with E-state index in [4.69, 9.17) is 20.4 Å². The van der Waals surface area contributed by atoms with Gasteiger partial charge >= 0.3 is 0 Å². The van der Waals surface area contributed by atoms with Gasteiger partial charge in [0.1, 0.15) is 17.4 Å². The molecule has 11 nitrogen and oxygen atoms in total. The monoisotopic (exact) mass is 575 g/mol. The Bertz CT molecular complexity index is 1800. The fourth-order valence-corrected chi connectivity index (χ4v) is 6.61. The lowest BCUT2D eigenvalue weighted by Crippen LogP contribution is -2.51. The summed E-state index contributed by atoms with van der Waals surface area (Å²) in [5, 5.41) is 8.27. The molecule has 0 radical (unpaired) electrons. The van der Waals surface area contributed by atoms with Crippen LogP contribution in [-0.2, 0) is 16.0 Å². The number of nitrogen functional groups attached to an aromatic ring is 1. The summed E-state index contributed by atoms with van der Waals surface area (Å²) < 4.78 is 9.23. The molecule has 2 fully saturated rings. The average Bonchev–Trinajstić information content (AvgIpc) is 3.76. The molecule has 0 unspecified atom stereocenters. The van der Waals surface area contributed by atoms with E-state index in [0.29, 0.717) is 36.2 Å². The maximum Gasteiger partial charge on any atom is 0.251 e. The zero-order valence-corrected chi connectivity index (χ0v) is 23.8. The lowest BCUT2D eigenvalue weighted by Gasteiger charge is -2.37. The fourth-order valence-electron chi connectivity index (χ4n) is 6.61. The predicted octanol–water partition coefficient (Wildman–Crippen LogP) is 3.61. The molecular formula is C32H33N9O2. The van der Waals surface area contributed by atoms with Crippen molar-refractivity contribution in [2.24, 2.45) is 0 Å². The number of hydrogen-bond acceptors (Lipinski definition) is 8. The third-order valence-electron chi connectivity index (χ3n) is 8.99. The minimum absolute atomic E-state index is 0.161. The number of nitrogens with two attached hydrogens (primary N) is 1. The summed E-state index contributed by atoms with van der Waals surface area (Å²) in [5.41, 5.74) is 12.2. The Balaban J connectivity index is 1.09. The van der Waals surface area contributed by atoms with E-state index in [2.05, 4.69) is 38.2 Å². The molecule has 6 heterocycles. The maximum atomic E-state index is 12.6. The van der Waals surface area contributed by atoms with Gasteiger partial charge in [-0.2, -0.15) is 5.10 Å². The molecular weight excluding hydrogens is 542 g/mol. The molecule has 5 aromatic rings. The van der Waals surface area contributed by atoms with E-state index < -0.39 is 0 Å². The zero-order valence-electron chi connectivity index (χ0n) is 23.8. The molecule has 1 aliphatic carbocycles. The summed E-state index contributed by atoms with van der Waals surface area (Å²) in [6, 6.07) is 16.9. The van der Waals surface area contributed by atoms with Crippen LogP contribution in [0.25, 0.3) is 34.1 Å². The molecule has 0 bridgehead atoms. The van der Waals surface area contributed by atoms with Gasteiger partial charge in [-0.25, -0.2) is 19.6 Å². The first-order chi connectivity index (χ1) is 21.1. The number of nitrogens with zero attached hydrogens (tertiary/aromatic N) is 7. The summed E-state index contributed by atoms with van der Waals surface area (Å²) >= 11 is 0. The topological polar surface area (TPSA) is 129 Å². The highest BCUT2D eigenvalue weighted by Crippen LogP contribution is 2.36. The Morgan fingerprint density at radius 3 is 2.65 bits per heavy atom. The van der Waals surface area contributed by atoms with Crippen LogP contribution in [0.1, 0.15) is 42.9 Å². The Morgan fingerprint density at radius 2 is 1.88 bits per heavy atom. The van der Waals surface area contributed by atoms with Crippen molar-refractivity contribution in [3.63, 3.8) is 0 Å². The van der Waals surface area contributed by atoms with Crippen LogP contribution in [0.3, 0.4) is 0 Å². The van der Waals surface area contributed by atoms with Crippen LogP contribution >= 0.6 is 0 Å². The van der Waals surface area contributed by atoms with Gasteiger partial charge in [-0.05, 0) is 79.3 Å². The van der Waals surface area contributed by atoms with E-state index in [1.807, 2.05) is 41.4 Å². The summed E-state index contributed by atoms with van der Waals surface area (Å²) in [4.78, 5) is 28.8. The largest absolute Gasteiger partial charge is 0.383 e. The van der Waals surface area contributed by atoms with Crippen LogP contribution in [-0.4, -0.2) is 71.9 Å². The summed E-state index contributed by atoms with van der Waals surface area (Å²) in [5.74, 6) is 1.99. The molecule has 0 saturated carbocycles. The lowest BCUT2D eigenvalue weighted by atomic mass is 10.0. The number of hydrogen-bond donors (Lipinski definition) is 2. The Morgan fingerprint density at radius 1 is 1.00 bits per heavy atom. The van der Waals surface area contributed by atoms with Crippen molar-refractivity contribution < 1.29 is 9.53 Å². The predicted molar refractivity (Wildman–Crippen MR) is 162 cm³/mol. The molecule has 2 saturated heterocycles. The van der Waals surface area contributed by atoms with Crippen molar-refractivity contribution in [2.75, 3.05) is 25.4 Å². The van der Waals surface area contributed by atoms with E-state index in [9.17, 15) is 4.79 Å². The van der Waals surface area contributed by atoms with Crippen LogP contribution in [0.15, 0.2) is 67.1 Å². The van der Waals surface area contributed by atoms with Gasteiger partial charge in [-0.1, -0.05) is 6.07 Å². The Hall–Kier alpha value is -4.61. The molecule has 2 aliphatic heterocycles. The maximum absolute atomic E-state index is 12.6. The number of carbonyl (C=O) groups excluding carboxylic acids is 1. The number of piperidine rings is 1. The highest BCUT2D eigenvalue weighted by atomic mass is 16.5. The van der Waals surface area contributed by atoms with Crippen molar-refractivity contribution in [3.05, 3.63) is 78.2 Å². The van der Waals surface area contributed by atoms with Crippen LogP contribution in [0.5, 0.6) is 0 Å². The van der Waals surface area contributed by atoms with E-state index in [1.54, 1.807) is 17.1 Å². The van der Waals surface area contributed by atoms with E-state index in [1.165, 1.54) is 11.1 Å². The second-order valence-corrected chi connectivity index (χ2v) is 11.6. The number of aromatic nitrogens is 6. The minimum Gasteiger partial charge on any atom is -0.383 e. The third kappa shape index (κ3) is 4.65. The van der Waals surface area contributed by atoms with Crippen LogP contribution in [0, 0.1) is 0 Å². The van der Waals surface area contributed by atoms with Gasteiger partial charge in [0.15, 0.2) is 17.3 Å². The normalized spacial score (nSPS) is 20.3. The molecule has 218 valence electrons. The molecule has 43 heavy (non-hydrogen) atoms. The van der Waals surface area contributed by atoms with Crippen molar-refractivity contribution in [1.82, 2.24) is 39.5 Å². The quantitative estimate of drug-likeness (QED) is 0.314. The summed E-state index contributed by atoms with van der Waals surface area (Å²) in [7, 11) is 0. The molecule has 11 heteroatoms. The smallest absolute Gasteiger partial charge is 0.251 e. The van der Waals surface area contributed by atoms with E-state index in [0.717, 1.165) is 67.6 Å². The van der Waals surface area contributed by atoms with Gasteiger partial charge in [0.25, 0.3) is 5.91 Å². The average molecular weight is 576 g/mol. The lowest BCUT2D eigenvalue weighted by molar-refractivity contribution is -0.157. The first-order valence-corrected chi connectivity index (χ1v) is 15.0. The number of rotatable bonds is 6. The minimum atomic E-state index is -0.213. The number of amides is 1. The summed E-state index contributed by atoms with van der Waals surface area (Å²) in [6.45, 7) is 2.28. The number of likely N-dealkylation sites (tertiary alicyclic amines) is 1. The SMILES string of the molecule is Nc1ncccc1-c1nc2ccc(-n3cccn3)nc2n1-c1ccc2c(c1)CC[C@@H]2NC1CCN(C(=O)[C@@H]2CCO2)CC1. The van der Waals surface area contributed by atoms with Gasteiger partial charge in [0, 0.05) is 55.9 Å². The van der Waals surface area contributed by atoms with Gasteiger partial charge in [-0.3, -0.25) is 9.36 Å². The number of pyridine rings is 2. The van der Waals surface area contributed by atoms with E-state index in [-0.39, 0.29) is 12.0 Å². The summed E-state index contributed by atoms with van der Waals surface area (Å²) in [6.07, 6.45) is 9.90. The highest BCUT2D eigenvalue weighted by Gasteiger charge is 2.34. The van der Waals surface area contributed by atoms with Gasteiger partial charge in [0.05, 0.1) is 12.2 Å². The fraction of sp³-hybridized carbons (Fsp3) is 0.344. The molecule has 1 amide bonds. The molecule has 8 rings (SSSR count). The molecule has 3 aliphatic rings. The second kappa shape index (κ2) is 10.6. The molecule has 0 spiro atoms. The molecule has 1 aromatic carbocycles. The number of anilines is 1. The molecule has 2 atom stereocenters. The number of carbonyl (C=O) groups is 1. The van der Waals surface area contributed by atoms with Crippen molar-refractivity contribution >= 4 is 22.9 Å². The van der Waals surface area contributed by atoms with Gasteiger partial charge < -0.3 is 20.7 Å². The van der Waals surface area contributed by atoms with Gasteiger partial charge in [0.2, 0.25) is 0 Å². The molecule has 3 N–H and O–H groups in total. The first-order valence-electron chi connectivity index (χ1n) is 15.0. The number of nitrogens with one attached hydrogen (secondary N) is 1. The van der Waals surface area contributed by atoms with Crippen molar-refractivity contribution in [1.29, 1.82) is 0 Å². The number of imidazole rings is 1. The highest BCUT2D eigenvalue weighted by molar-refractivity contribution is 5.83. The number of fused-ring (bicyclic) bond motifs is 2. The standard InChI is InChI=1S/C32H33N9O2/c33-29-24(3-1-13-34-29)30-37-26-8-9-28(40-15-2-14-35-40)38-31(26)41(30)22-5-6-23-20(19-22)4-7-25(23)36-21-10-16-39(17-11-21)32(42)27-12-18-43-27/h1-3,5-6,8-9,13-15,19,21,25,27,36H,4,7,10-12,16-18H2,(H2,33,34)/t25-,27-/m0/s1. The van der Waals surface area contributed by atoms with Crippen LogP contribution in [0.2, 0.25) is 0 Å². The Kier molecular flexibility index (Phi) is 6.41. The Labute approximate surface area is 248 Å². The first kappa shape index (κ1) is 26.1. The molecule has 4 aromatic heterocycles. The van der Waals surface area contributed by atoms with E-state index >= 15 is 0 Å². The van der Waals surface area contributed by atoms with Crippen molar-refractivity contribution in [3.8, 4) is 22.9 Å². The van der Waals surface area contributed by atoms with Crippen LogP contribution in [0.4, 0.5) is 5.82 Å². The number of ether oxygens (including phenoxy) is 1. The number of aryl methyl sites for hydroxylation is 1. The second-order valence-electron chi connectivity index (χ2n) is 11.6. The third-order valence-corrected chi connectivity index (χ3v) is 8.99. The van der Waals surface area contributed by atoms with Gasteiger partial charge in [-0.15, -0.1) is 0 Å².